The van der Waals surface area contributed by atoms with Crippen molar-refractivity contribution in [2.45, 2.75) is 51.4 Å². The maximum atomic E-state index is 12.5. The molecule has 0 aromatic carbocycles. The molecule has 0 spiro atoms. The lowest BCUT2D eigenvalue weighted by Gasteiger charge is -2.30. The van der Waals surface area contributed by atoms with E-state index in [0.29, 0.717) is 25.7 Å². The van der Waals surface area contributed by atoms with Crippen molar-refractivity contribution in [3.05, 3.63) is 0 Å². The van der Waals surface area contributed by atoms with Crippen molar-refractivity contribution in [3.8, 4) is 0 Å². The van der Waals surface area contributed by atoms with Crippen LogP contribution in [0.3, 0.4) is 0 Å². The molecule has 0 saturated heterocycles. The SMILES string of the molecule is COC(=O)C1CCCCC1C(=O)OC(=O)C1CCCCC1C(=O)OC. The summed E-state index contributed by atoms with van der Waals surface area (Å²) in [6, 6.07) is 0. The highest BCUT2D eigenvalue weighted by Crippen LogP contribution is 2.34. The van der Waals surface area contributed by atoms with Crippen LogP contribution >= 0.6 is 0 Å². The van der Waals surface area contributed by atoms with Crippen LogP contribution in [0.5, 0.6) is 0 Å². The Morgan fingerprint density at radius 1 is 0.560 bits per heavy atom. The fourth-order valence-electron chi connectivity index (χ4n) is 3.94. The van der Waals surface area contributed by atoms with Gasteiger partial charge < -0.3 is 14.2 Å². The van der Waals surface area contributed by atoms with Gasteiger partial charge in [0, 0.05) is 0 Å². The van der Waals surface area contributed by atoms with Gasteiger partial charge in [0.15, 0.2) is 0 Å². The van der Waals surface area contributed by atoms with Crippen LogP contribution in [0.2, 0.25) is 0 Å². The number of rotatable bonds is 4. The Labute approximate surface area is 147 Å². The van der Waals surface area contributed by atoms with Crippen LogP contribution < -0.4 is 0 Å². The lowest BCUT2D eigenvalue weighted by Crippen LogP contribution is -2.39. The van der Waals surface area contributed by atoms with E-state index in [-0.39, 0.29) is 0 Å². The van der Waals surface area contributed by atoms with Gasteiger partial charge in [0.05, 0.1) is 37.9 Å². The number of esters is 4. The lowest BCUT2D eigenvalue weighted by atomic mass is 9.78. The molecule has 7 heteroatoms. The highest BCUT2D eigenvalue weighted by molar-refractivity contribution is 5.92. The van der Waals surface area contributed by atoms with E-state index < -0.39 is 47.5 Å². The molecule has 0 aromatic rings. The predicted octanol–water partition coefficient (Wildman–Crippen LogP) is 2.01. The minimum atomic E-state index is -0.686. The normalized spacial score (nSPS) is 29.4. The van der Waals surface area contributed by atoms with Crippen LogP contribution in [0, 0.1) is 23.7 Å². The predicted molar refractivity (Wildman–Crippen MR) is 86.0 cm³/mol. The van der Waals surface area contributed by atoms with Crippen LogP contribution in [0.1, 0.15) is 51.4 Å². The van der Waals surface area contributed by atoms with Crippen molar-refractivity contribution in [2.75, 3.05) is 14.2 Å². The zero-order valence-electron chi connectivity index (χ0n) is 14.8. The summed E-state index contributed by atoms with van der Waals surface area (Å²) >= 11 is 0. The molecule has 2 rings (SSSR count). The Balaban J connectivity index is 2.03. The summed E-state index contributed by atoms with van der Waals surface area (Å²) in [5.41, 5.74) is 0. The van der Waals surface area contributed by atoms with Crippen molar-refractivity contribution < 1.29 is 33.4 Å². The molecule has 4 unspecified atom stereocenters. The Kier molecular flexibility index (Phi) is 6.96. The average molecular weight is 354 g/mol. The first-order valence-corrected chi connectivity index (χ1v) is 8.90. The number of ether oxygens (including phenoxy) is 3. The molecule has 7 nitrogen and oxygen atoms in total. The molecule has 4 atom stereocenters. The molecule has 2 fully saturated rings. The molecule has 2 aliphatic carbocycles. The average Bonchev–Trinajstić information content (AvgIpc) is 2.66. The molecule has 0 aromatic heterocycles. The summed E-state index contributed by atoms with van der Waals surface area (Å²) in [7, 11) is 2.57. The first kappa shape index (κ1) is 19.4. The molecular formula is C18H26O7. The Morgan fingerprint density at radius 3 is 1.12 bits per heavy atom. The zero-order chi connectivity index (χ0) is 18.4. The smallest absolute Gasteiger partial charge is 0.317 e. The quantitative estimate of drug-likeness (QED) is 0.433. The summed E-state index contributed by atoms with van der Waals surface area (Å²) in [5, 5.41) is 0. The Morgan fingerprint density at radius 2 is 0.840 bits per heavy atom. The first-order valence-electron chi connectivity index (χ1n) is 8.90. The van der Waals surface area contributed by atoms with Crippen molar-refractivity contribution in [2.24, 2.45) is 23.7 Å². The van der Waals surface area contributed by atoms with E-state index >= 15 is 0 Å². The summed E-state index contributed by atoms with van der Waals surface area (Å²) in [6.07, 6.45) is 5.37. The second kappa shape index (κ2) is 8.97. The van der Waals surface area contributed by atoms with Gasteiger partial charge in [-0.3, -0.25) is 19.2 Å². The fraction of sp³-hybridized carbons (Fsp3) is 0.778. The molecule has 0 heterocycles. The molecular weight excluding hydrogens is 328 g/mol. The zero-order valence-corrected chi connectivity index (χ0v) is 14.8. The van der Waals surface area contributed by atoms with E-state index in [1.807, 2.05) is 0 Å². The summed E-state index contributed by atoms with van der Waals surface area (Å²) < 4.78 is 14.6. The first-order chi connectivity index (χ1) is 12.0. The van der Waals surface area contributed by atoms with Crippen LogP contribution in [0.4, 0.5) is 0 Å². The third-order valence-corrected chi connectivity index (χ3v) is 5.35. The molecule has 2 saturated carbocycles. The second-order valence-electron chi connectivity index (χ2n) is 6.78. The van der Waals surface area contributed by atoms with Crippen molar-refractivity contribution >= 4 is 23.9 Å². The van der Waals surface area contributed by atoms with Crippen molar-refractivity contribution in [1.29, 1.82) is 0 Å². The molecule has 0 aliphatic heterocycles. The van der Waals surface area contributed by atoms with Crippen LogP contribution in [0.15, 0.2) is 0 Å². The Hall–Kier alpha value is -1.92. The molecule has 0 bridgehead atoms. The van der Waals surface area contributed by atoms with Gasteiger partial charge in [-0.25, -0.2) is 0 Å². The summed E-state index contributed by atoms with van der Waals surface area (Å²) in [5.74, 6) is -4.72. The molecule has 0 radical (unpaired) electrons. The van der Waals surface area contributed by atoms with Gasteiger partial charge in [0.25, 0.3) is 0 Å². The Bertz CT molecular complexity index is 482. The fourth-order valence-corrected chi connectivity index (χ4v) is 3.94. The maximum Gasteiger partial charge on any atom is 0.317 e. The van der Waals surface area contributed by atoms with Crippen LogP contribution in [-0.4, -0.2) is 38.1 Å². The van der Waals surface area contributed by atoms with Gasteiger partial charge in [-0.2, -0.15) is 0 Å². The maximum absolute atomic E-state index is 12.5. The van der Waals surface area contributed by atoms with Crippen molar-refractivity contribution in [3.63, 3.8) is 0 Å². The third kappa shape index (κ3) is 4.58. The van der Waals surface area contributed by atoms with E-state index in [0.717, 1.165) is 25.7 Å². The van der Waals surface area contributed by atoms with Gasteiger partial charge in [0.1, 0.15) is 0 Å². The number of carbonyl (C=O) groups is 4. The van der Waals surface area contributed by atoms with Crippen LogP contribution in [-0.2, 0) is 33.4 Å². The second-order valence-corrected chi connectivity index (χ2v) is 6.78. The highest BCUT2D eigenvalue weighted by atomic mass is 16.6. The third-order valence-electron chi connectivity index (χ3n) is 5.35. The minimum absolute atomic E-state index is 0.445. The highest BCUT2D eigenvalue weighted by Gasteiger charge is 2.42. The largest absolute Gasteiger partial charge is 0.469 e. The number of hydrogen-bond donors (Lipinski definition) is 0. The number of methoxy groups -OCH3 is 2. The van der Waals surface area contributed by atoms with E-state index in [9.17, 15) is 19.2 Å². The van der Waals surface area contributed by atoms with E-state index in [1.165, 1.54) is 14.2 Å². The molecule has 2 aliphatic rings. The van der Waals surface area contributed by atoms with E-state index in [4.69, 9.17) is 14.2 Å². The van der Waals surface area contributed by atoms with Gasteiger partial charge in [-0.1, -0.05) is 25.7 Å². The van der Waals surface area contributed by atoms with Crippen LogP contribution in [0.25, 0.3) is 0 Å². The monoisotopic (exact) mass is 354 g/mol. The topological polar surface area (TPSA) is 96.0 Å². The molecule has 0 N–H and O–H groups in total. The summed E-state index contributed by atoms with van der Waals surface area (Å²) in [6.45, 7) is 0. The number of hydrogen-bond acceptors (Lipinski definition) is 7. The van der Waals surface area contributed by atoms with Crippen molar-refractivity contribution in [1.82, 2.24) is 0 Å². The molecule has 0 amide bonds. The van der Waals surface area contributed by atoms with E-state index in [2.05, 4.69) is 0 Å². The van der Waals surface area contributed by atoms with Gasteiger partial charge >= 0.3 is 23.9 Å². The van der Waals surface area contributed by atoms with E-state index in [1.54, 1.807) is 0 Å². The standard InChI is InChI=1S/C18H26O7/c1-23-15(19)11-7-3-5-9-13(11)17(21)25-18(22)14-10-6-4-8-12(14)16(20)24-2/h11-14H,3-10H2,1-2H3. The molecule has 140 valence electrons. The van der Waals surface area contributed by atoms with Gasteiger partial charge in [0.2, 0.25) is 0 Å². The molecule has 25 heavy (non-hydrogen) atoms. The van der Waals surface area contributed by atoms with Gasteiger partial charge in [-0.05, 0) is 25.7 Å². The number of carbonyl (C=O) groups excluding carboxylic acids is 4. The lowest BCUT2D eigenvalue weighted by molar-refractivity contribution is -0.175. The summed E-state index contributed by atoms with van der Waals surface area (Å²) in [4.78, 5) is 48.7. The van der Waals surface area contributed by atoms with Gasteiger partial charge in [-0.15, -0.1) is 0 Å². The minimum Gasteiger partial charge on any atom is -0.469 e.